The van der Waals surface area contributed by atoms with E-state index < -0.39 is 0 Å². The first kappa shape index (κ1) is 8.07. The van der Waals surface area contributed by atoms with Crippen molar-refractivity contribution in [1.29, 1.82) is 0 Å². The number of hydrogen-bond donors (Lipinski definition) is 0. The minimum absolute atomic E-state index is 0.0486. The molecule has 0 fully saturated rings. The first-order chi connectivity index (χ1) is 5.20. The van der Waals surface area contributed by atoms with Crippen LogP contribution >= 0.6 is 11.5 Å². The molecule has 0 N–H and O–H groups in total. The second kappa shape index (κ2) is 3.39. The largest absolute Gasteiger partial charge is 0.293 e. The van der Waals surface area contributed by atoms with E-state index in [0.717, 1.165) is 17.1 Å². The molecule has 0 amide bonds. The van der Waals surface area contributed by atoms with Gasteiger partial charge in [0.2, 0.25) is 0 Å². The lowest BCUT2D eigenvalue weighted by Crippen LogP contribution is -1.95. The first-order valence-corrected chi connectivity index (χ1v) is 3.92. The highest BCUT2D eigenvalue weighted by Crippen LogP contribution is 2.09. The molecule has 1 heterocycles. The van der Waals surface area contributed by atoms with E-state index in [1.807, 2.05) is 6.92 Å². The predicted molar refractivity (Wildman–Crippen MR) is 43.7 cm³/mol. The molecule has 0 aliphatic carbocycles. The van der Waals surface area contributed by atoms with E-state index in [-0.39, 0.29) is 5.78 Å². The number of aromatic nitrogens is 2. The van der Waals surface area contributed by atoms with Crippen LogP contribution in [0.3, 0.4) is 0 Å². The van der Waals surface area contributed by atoms with E-state index in [1.54, 1.807) is 0 Å². The van der Waals surface area contributed by atoms with Crippen molar-refractivity contribution in [2.75, 3.05) is 0 Å². The van der Waals surface area contributed by atoms with Crippen LogP contribution in [0.15, 0.2) is 18.3 Å². The second-order valence-corrected chi connectivity index (χ2v) is 3.12. The lowest BCUT2D eigenvalue weighted by Gasteiger charge is -1.92. The molecule has 1 aromatic heterocycles. The highest BCUT2D eigenvalue weighted by atomic mass is 32.1. The Balaban J connectivity index is 2.64. The van der Waals surface area contributed by atoms with Crippen molar-refractivity contribution in [2.24, 2.45) is 0 Å². The summed E-state index contributed by atoms with van der Waals surface area (Å²) in [4.78, 5) is 11.8. The van der Waals surface area contributed by atoms with Crippen molar-refractivity contribution >= 4 is 17.3 Å². The lowest BCUT2D eigenvalue weighted by molar-refractivity contribution is 0.0997. The van der Waals surface area contributed by atoms with Crippen LogP contribution in [-0.4, -0.2) is 15.4 Å². The summed E-state index contributed by atoms with van der Waals surface area (Å²) in [5, 5.41) is 3.57. The summed E-state index contributed by atoms with van der Waals surface area (Å²) in [5.74, 6) is 0.0486. The molecule has 1 aromatic rings. The molecule has 3 nitrogen and oxygen atoms in total. The number of carbonyl (C=O) groups is 1. The molecule has 0 atom stereocenters. The van der Waals surface area contributed by atoms with Gasteiger partial charge in [-0.05, 0) is 18.5 Å². The molecule has 0 aliphatic heterocycles. The highest BCUT2D eigenvalue weighted by molar-refractivity contribution is 7.07. The third-order valence-electron chi connectivity index (χ3n) is 1.10. The third kappa shape index (κ3) is 2.23. The van der Waals surface area contributed by atoms with Crippen LogP contribution in [0.25, 0.3) is 0 Å². The minimum atomic E-state index is 0.0486. The smallest absolute Gasteiger partial charge is 0.180 e. The fraction of sp³-hybridized carbons (Fsp3) is 0.286. The Hall–Kier alpha value is -1.03. The molecule has 58 valence electrons. The quantitative estimate of drug-likeness (QED) is 0.509. The Morgan fingerprint density at radius 2 is 2.55 bits per heavy atom. The average molecular weight is 168 g/mol. The van der Waals surface area contributed by atoms with E-state index in [9.17, 15) is 4.79 Å². The lowest BCUT2D eigenvalue weighted by atomic mass is 10.1. The van der Waals surface area contributed by atoms with Crippen molar-refractivity contribution in [2.45, 2.75) is 13.3 Å². The standard InChI is InChI=1S/C7H8N2OS/c1-5(2)3-6(10)7-4-8-9-11-7/h4H,1,3H2,2H3. The summed E-state index contributed by atoms with van der Waals surface area (Å²) >= 11 is 1.12. The maximum absolute atomic E-state index is 11.2. The van der Waals surface area contributed by atoms with Gasteiger partial charge >= 0.3 is 0 Å². The van der Waals surface area contributed by atoms with E-state index >= 15 is 0 Å². The maximum atomic E-state index is 11.2. The Bertz CT molecular complexity index is 266. The van der Waals surface area contributed by atoms with Crippen molar-refractivity contribution in [3.05, 3.63) is 23.2 Å². The normalized spacial score (nSPS) is 9.55. The third-order valence-corrected chi connectivity index (χ3v) is 1.80. The van der Waals surface area contributed by atoms with E-state index in [2.05, 4.69) is 16.2 Å². The van der Waals surface area contributed by atoms with Gasteiger partial charge in [0.1, 0.15) is 4.88 Å². The molecular weight excluding hydrogens is 160 g/mol. The van der Waals surface area contributed by atoms with Crippen molar-refractivity contribution in [3.8, 4) is 0 Å². The summed E-state index contributed by atoms with van der Waals surface area (Å²) in [6, 6.07) is 0. The molecule has 4 heteroatoms. The molecule has 0 saturated carbocycles. The first-order valence-electron chi connectivity index (χ1n) is 3.15. The molecule has 0 bridgehead atoms. The number of carbonyl (C=O) groups excluding carboxylic acids is 1. The van der Waals surface area contributed by atoms with Crippen LogP contribution in [-0.2, 0) is 0 Å². The van der Waals surface area contributed by atoms with Gasteiger partial charge in [0.15, 0.2) is 5.78 Å². The molecule has 0 radical (unpaired) electrons. The molecular formula is C7H8N2OS. The van der Waals surface area contributed by atoms with Gasteiger partial charge in [0.05, 0.1) is 6.20 Å². The van der Waals surface area contributed by atoms with Gasteiger partial charge in [-0.2, -0.15) is 0 Å². The van der Waals surface area contributed by atoms with Gasteiger partial charge in [-0.15, -0.1) is 5.10 Å². The number of allylic oxidation sites excluding steroid dienone is 1. The van der Waals surface area contributed by atoms with Crippen LogP contribution in [0.4, 0.5) is 0 Å². The second-order valence-electron chi connectivity index (χ2n) is 2.34. The summed E-state index contributed by atoms with van der Waals surface area (Å²) in [7, 11) is 0. The van der Waals surface area contributed by atoms with E-state index in [1.165, 1.54) is 6.20 Å². The fourth-order valence-electron chi connectivity index (χ4n) is 0.651. The van der Waals surface area contributed by atoms with Gasteiger partial charge in [-0.3, -0.25) is 4.79 Å². The molecule has 1 rings (SSSR count). The zero-order valence-electron chi connectivity index (χ0n) is 6.20. The Labute approximate surface area is 68.9 Å². The zero-order chi connectivity index (χ0) is 8.27. The van der Waals surface area contributed by atoms with Crippen LogP contribution in [0.2, 0.25) is 0 Å². The summed E-state index contributed by atoms with van der Waals surface area (Å²) in [6.07, 6.45) is 1.87. The SMILES string of the molecule is C=C(C)CC(=O)c1cnns1. The van der Waals surface area contributed by atoms with Crippen molar-refractivity contribution in [1.82, 2.24) is 9.59 Å². The van der Waals surface area contributed by atoms with Gasteiger partial charge in [-0.1, -0.05) is 16.6 Å². The van der Waals surface area contributed by atoms with Crippen LogP contribution < -0.4 is 0 Å². The molecule has 0 aromatic carbocycles. The van der Waals surface area contributed by atoms with Crippen molar-refractivity contribution in [3.63, 3.8) is 0 Å². The summed E-state index contributed by atoms with van der Waals surface area (Å²) < 4.78 is 3.59. The van der Waals surface area contributed by atoms with Crippen LogP contribution in [0.1, 0.15) is 23.0 Å². The van der Waals surface area contributed by atoms with Crippen molar-refractivity contribution < 1.29 is 4.79 Å². The van der Waals surface area contributed by atoms with Gasteiger partial charge in [0.25, 0.3) is 0 Å². The number of nitrogens with zero attached hydrogens (tertiary/aromatic N) is 2. The average Bonchev–Trinajstić information content (AvgIpc) is 2.35. The van der Waals surface area contributed by atoms with Crippen LogP contribution in [0.5, 0.6) is 0 Å². The molecule has 0 unspecified atom stereocenters. The number of rotatable bonds is 3. The molecule has 0 saturated heterocycles. The zero-order valence-corrected chi connectivity index (χ0v) is 7.02. The molecule has 0 aliphatic rings. The predicted octanol–water partition coefficient (Wildman–Crippen LogP) is 1.69. The highest BCUT2D eigenvalue weighted by Gasteiger charge is 2.07. The monoisotopic (exact) mass is 168 g/mol. The summed E-state index contributed by atoms with van der Waals surface area (Å²) in [5.41, 5.74) is 0.864. The Kier molecular flexibility index (Phi) is 2.48. The van der Waals surface area contributed by atoms with E-state index in [0.29, 0.717) is 11.3 Å². The van der Waals surface area contributed by atoms with Gasteiger partial charge < -0.3 is 0 Å². The van der Waals surface area contributed by atoms with Gasteiger partial charge in [-0.25, -0.2) is 0 Å². The number of Topliss-reactive ketones (excluding diaryl/α,β-unsaturated/α-hetero) is 1. The number of ketones is 1. The molecule has 0 spiro atoms. The van der Waals surface area contributed by atoms with Gasteiger partial charge in [0, 0.05) is 6.42 Å². The van der Waals surface area contributed by atoms with E-state index in [4.69, 9.17) is 0 Å². The summed E-state index contributed by atoms with van der Waals surface area (Å²) in [6.45, 7) is 5.47. The maximum Gasteiger partial charge on any atom is 0.180 e. The topological polar surface area (TPSA) is 42.9 Å². The fourth-order valence-corrected chi connectivity index (χ4v) is 1.10. The molecule has 11 heavy (non-hydrogen) atoms. The Morgan fingerprint density at radius 3 is 3.00 bits per heavy atom. The Morgan fingerprint density at radius 1 is 1.82 bits per heavy atom. The number of hydrogen-bond acceptors (Lipinski definition) is 4. The minimum Gasteiger partial charge on any atom is -0.293 e. The van der Waals surface area contributed by atoms with Crippen LogP contribution in [0, 0.1) is 0 Å².